The highest BCUT2D eigenvalue weighted by atomic mass is 79.9. The van der Waals surface area contributed by atoms with Crippen molar-refractivity contribution < 1.29 is 22.9 Å². The van der Waals surface area contributed by atoms with Gasteiger partial charge in [-0.25, -0.2) is 13.8 Å². The molecule has 2 aromatic heterocycles. The highest BCUT2D eigenvalue weighted by Crippen LogP contribution is 2.42. The monoisotopic (exact) mass is 705 g/mol. The first kappa shape index (κ1) is 33.9. The van der Waals surface area contributed by atoms with E-state index in [-0.39, 0.29) is 5.95 Å². The molecule has 1 amide bonds. The van der Waals surface area contributed by atoms with Crippen LogP contribution in [0.15, 0.2) is 47.3 Å². The van der Waals surface area contributed by atoms with Crippen LogP contribution >= 0.6 is 23.1 Å². The molecule has 3 N–H and O–H groups in total. The minimum Gasteiger partial charge on any atom is -0.494 e. The van der Waals surface area contributed by atoms with Crippen molar-refractivity contribution in [2.75, 3.05) is 75.5 Å². The Morgan fingerprint density at radius 1 is 1.02 bits per heavy atom. The van der Waals surface area contributed by atoms with Crippen LogP contribution in [0, 0.1) is 0 Å². The van der Waals surface area contributed by atoms with Gasteiger partial charge in [0, 0.05) is 44.8 Å². The zero-order valence-corrected chi connectivity index (χ0v) is 28.2. The maximum atomic E-state index is 13.4. The summed E-state index contributed by atoms with van der Waals surface area (Å²) in [4.78, 5) is 34.0. The van der Waals surface area contributed by atoms with Crippen LogP contribution in [0.5, 0.6) is 5.75 Å². The van der Waals surface area contributed by atoms with E-state index in [1.54, 1.807) is 50.0 Å². The molecule has 0 atom stereocenters. The minimum absolute atomic E-state index is 0.163. The standard InChI is InChI=1S/C29H35BrF2N9O3P/c1-40(2)11-12-41(3)22-14-23(44-4)21(13-20(22)36-25(42)15-24(31)32)38-29-35-16-17(30)28(39-29)37-19-8-7-18-26(34-10-9-33-18)27(19)45(5,6)43/h7-10,13-14,16,24H,11-12,15H2,1-6H3,(H,36,42)(H2,35,37,38,39). The molecule has 12 nitrogen and oxygen atoms in total. The fraction of sp³-hybridized carbons (Fsp3) is 0.345. The molecular formula is C29H35BrF2N9O3P. The van der Waals surface area contributed by atoms with Crippen LogP contribution in [0.2, 0.25) is 0 Å². The molecule has 2 heterocycles. The number of likely N-dealkylation sites (N-methyl/N-ethyl adjacent to an activating group) is 2. The Kier molecular flexibility index (Phi) is 10.9. The van der Waals surface area contributed by atoms with Crippen LogP contribution in [-0.4, -0.2) is 91.8 Å². The van der Waals surface area contributed by atoms with E-state index in [4.69, 9.17) is 4.74 Å². The zero-order valence-electron chi connectivity index (χ0n) is 25.7. The number of alkyl halides is 2. The molecule has 0 aliphatic carbocycles. The van der Waals surface area contributed by atoms with Gasteiger partial charge >= 0.3 is 0 Å². The number of benzene rings is 2. The van der Waals surface area contributed by atoms with Gasteiger partial charge in [-0.2, -0.15) is 4.98 Å². The van der Waals surface area contributed by atoms with Gasteiger partial charge in [-0.15, -0.1) is 0 Å². The van der Waals surface area contributed by atoms with Crippen molar-refractivity contribution in [3.63, 3.8) is 0 Å². The van der Waals surface area contributed by atoms with Crippen molar-refractivity contribution in [2.45, 2.75) is 12.8 Å². The molecule has 240 valence electrons. The van der Waals surface area contributed by atoms with Gasteiger partial charge in [0.25, 0.3) is 0 Å². The molecule has 0 unspecified atom stereocenters. The lowest BCUT2D eigenvalue weighted by Gasteiger charge is -2.26. The number of nitrogens with one attached hydrogen (secondary N) is 3. The summed E-state index contributed by atoms with van der Waals surface area (Å²) in [5, 5.41) is 9.50. The van der Waals surface area contributed by atoms with Crippen molar-refractivity contribution in [1.29, 1.82) is 0 Å². The molecule has 4 rings (SSSR count). The zero-order chi connectivity index (χ0) is 32.9. The highest BCUT2D eigenvalue weighted by molar-refractivity contribution is 9.10. The third-order valence-electron chi connectivity index (χ3n) is 6.62. The number of aromatic nitrogens is 4. The molecule has 0 bridgehead atoms. The molecule has 0 spiro atoms. The van der Waals surface area contributed by atoms with Crippen LogP contribution in [0.4, 0.5) is 43.3 Å². The summed E-state index contributed by atoms with van der Waals surface area (Å²) in [5.41, 5.74) is 2.97. The number of halogens is 3. The van der Waals surface area contributed by atoms with E-state index in [1.807, 2.05) is 30.9 Å². The van der Waals surface area contributed by atoms with E-state index in [0.29, 0.717) is 68.2 Å². The van der Waals surface area contributed by atoms with Crippen LogP contribution < -0.4 is 30.9 Å². The number of hydrogen-bond donors (Lipinski definition) is 3. The summed E-state index contributed by atoms with van der Waals surface area (Å²) in [7, 11) is 4.38. The Balaban J connectivity index is 1.71. The van der Waals surface area contributed by atoms with E-state index in [1.165, 1.54) is 13.3 Å². The third-order valence-corrected chi connectivity index (χ3v) is 8.73. The highest BCUT2D eigenvalue weighted by Gasteiger charge is 2.23. The lowest BCUT2D eigenvalue weighted by molar-refractivity contribution is -0.118. The van der Waals surface area contributed by atoms with Gasteiger partial charge in [-0.05, 0) is 61.6 Å². The van der Waals surface area contributed by atoms with Crippen LogP contribution in [0.3, 0.4) is 0 Å². The lowest BCUT2D eigenvalue weighted by atomic mass is 10.2. The summed E-state index contributed by atoms with van der Waals surface area (Å²) in [6.45, 7) is 4.63. The molecule has 16 heteroatoms. The number of rotatable bonds is 13. The van der Waals surface area contributed by atoms with E-state index in [9.17, 15) is 18.1 Å². The number of hydrogen-bond acceptors (Lipinski definition) is 11. The topological polar surface area (TPSA) is 138 Å². The van der Waals surface area contributed by atoms with Gasteiger partial charge in [0.2, 0.25) is 18.3 Å². The molecule has 0 saturated carbocycles. The summed E-state index contributed by atoms with van der Waals surface area (Å²) in [6.07, 6.45) is 0.938. The molecule has 0 fully saturated rings. The number of methoxy groups -OCH3 is 1. The van der Waals surface area contributed by atoms with Gasteiger partial charge in [-0.1, -0.05) is 0 Å². The van der Waals surface area contributed by atoms with Gasteiger partial charge in [0.1, 0.15) is 24.2 Å². The maximum Gasteiger partial charge on any atom is 0.247 e. The van der Waals surface area contributed by atoms with E-state index in [0.717, 1.165) is 0 Å². The molecule has 4 aromatic rings. The quantitative estimate of drug-likeness (QED) is 0.152. The minimum atomic E-state index is -2.82. The first-order chi connectivity index (χ1) is 21.3. The average molecular weight is 707 g/mol. The van der Waals surface area contributed by atoms with Crippen molar-refractivity contribution in [1.82, 2.24) is 24.8 Å². The first-order valence-electron chi connectivity index (χ1n) is 13.8. The summed E-state index contributed by atoms with van der Waals surface area (Å²) in [6, 6.07) is 6.85. The van der Waals surface area contributed by atoms with Gasteiger partial charge in [0.05, 0.1) is 51.6 Å². The number of nitrogens with zero attached hydrogens (tertiary/aromatic N) is 6. The normalized spacial score (nSPS) is 11.6. The second-order valence-corrected chi connectivity index (χ2v) is 14.8. The Hall–Kier alpha value is -3.94. The number of anilines is 6. The Morgan fingerprint density at radius 2 is 1.76 bits per heavy atom. The van der Waals surface area contributed by atoms with Crippen molar-refractivity contribution in [3.8, 4) is 5.75 Å². The second kappa shape index (κ2) is 14.4. The molecule has 0 aliphatic heterocycles. The number of ether oxygens (including phenoxy) is 1. The Morgan fingerprint density at radius 3 is 2.42 bits per heavy atom. The van der Waals surface area contributed by atoms with E-state index >= 15 is 0 Å². The van der Waals surface area contributed by atoms with Crippen molar-refractivity contribution in [3.05, 3.63) is 47.3 Å². The summed E-state index contributed by atoms with van der Waals surface area (Å²) >= 11 is 3.48. The van der Waals surface area contributed by atoms with E-state index < -0.39 is 25.9 Å². The van der Waals surface area contributed by atoms with Crippen molar-refractivity contribution in [2.24, 2.45) is 0 Å². The van der Waals surface area contributed by atoms with Gasteiger partial charge in [0.15, 0.2) is 0 Å². The SMILES string of the molecule is COc1cc(N(C)CCN(C)C)c(NC(=O)CC(F)F)cc1Nc1ncc(Br)c(Nc2ccc3nccnc3c2P(C)(C)=O)n1. The van der Waals surface area contributed by atoms with Gasteiger partial charge in [-0.3, -0.25) is 14.8 Å². The number of amides is 1. The summed E-state index contributed by atoms with van der Waals surface area (Å²) < 4.78 is 45.5. The Bertz CT molecular complexity index is 1740. The van der Waals surface area contributed by atoms with Crippen LogP contribution in [0.1, 0.15) is 6.42 Å². The molecule has 45 heavy (non-hydrogen) atoms. The maximum absolute atomic E-state index is 13.4. The lowest BCUT2D eigenvalue weighted by Crippen LogP contribution is -2.29. The smallest absolute Gasteiger partial charge is 0.247 e. The molecular weight excluding hydrogens is 671 g/mol. The number of fused-ring (bicyclic) bond motifs is 1. The van der Waals surface area contributed by atoms with Crippen LogP contribution in [-0.2, 0) is 9.36 Å². The fourth-order valence-corrected chi connectivity index (χ4v) is 6.18. The molecule has 2 aromatic carbocycles. The van der Waals surface area contributed by atoms with E-state index in [2.05, 4.69) is 51.8 Å². The number of carbonyl (C=O) groups excluding carboxylic acids is 1. The fourth-order valence-electron chi connectivity index (χ4n) is 4.49. The second-order valence-electron chi connectivity index (χ2n) is 10.8. The third kappa shape index (κ3) is 8.62. The summed E-state index contributed by atoms with van der Waals surface area (Å²) in [5.74, 6) is 0.114. The molecule has 0 radical (unpaired) electrons. The predicted molar refractivity (Wildman–Crippen MR) is 179 cm³/mol. The largest absolute Gasteiger partial charge is 0.494 e. The number of carbonyl (C=O) groups is 1. The van der Waals surface area contributed by atoms with Gasteiger partial charge < -0.3 is 35.1 Å². The van der Waals surface area contributed by atoms with Crippen molar-refractivity contribution >= 4 is 79.8 Å². The average Bonchev–Trinajstić information content (AvgIpc) is 2.96. The first-order valence-corrected chi connectivity index (χ1v) is 17.2. The molecule has 0 aliphatic rings. The Labute approximate surface area is 268 Å². The molecule has 0 saturated heterocycles. The predicted octanol–water partition coefficient (Wildman–Crippen LogP) is 5.52. The van der Waals surface area contributed by atoms with Crippen LogP contribution in [0.25, 0.3) is 11.0 Å².